The number of fused-ring (bicyclic) bond motifs is 3. The molecule has 34 heavy (non-hydrogen) atoms. The van der Waals surface area contributed by atoms with Crippen LogP contribution in [0.3, 0.4) is 0 Å². The number of imidazole rings is 1. The maximum Gasteiger partial charge on any atom is 0.176 e. The zero-order valence-electron chi connectivity index (χ0n) is 20.2. The Hall–Kier alpha value is -3.33. The fraction of sp³-hybridized carbons (Fsp3) is 0.480. The second kappa shape index (κ2) is 10.7. The minimum absolute atomic E-state index is 0.0782. The van der Waals surface area contributed by atoms with E-state index in [0.29, 0.717) is 37.1 Å². The van der Waals surface area contributed by atoms with Gasteiger partial charge >= 0.3 is 0 Å². The summed E-state index contributed by atoms with van der Waals surface area (Å²) in [6.07, 6.45) is 7.24. The summed E-state index contributed by atoms with van der Waals surface area (Å²) in [5.41, 5.74) is 9.10. The number of aliphatic imine (C=N–C) groups is 3. The molecule has 0 spiro atoms. The first-order chi connectivity index (χ1) is 16.5. The van der Waals surface area contributed by atoms with E-state index in [1.807, 2.05) is 32.2 Å². The molecule has 0 bridgehead atoms. The first-order valence-electron chi connectivity index (χ1n) is 11.9. The topological polar surface area (TPSA) is 117 Å². The minimum atomic E-state index is 0.0782. The van der Waals surface area contributed by atoms with Gasteiger partial charge in [0.25, 0.3) is 0 Å². The van der Waals surface area contributed by atoms with Crippen molar-refractivity contribution in [2.45, 2.75) is 51.7 Å². The van der Waals surface area contributed by atoms with Crippen LogP contribution in [0, 0.1) is 5.41 Å². The van der Waals surface area contributed by atoms with Crippen molar-refractivity contribution < 1.29 is 4.74 Å². The molecule has 0 aliphatic carbocycles. The zero-order valence-corrected chi connectivity index (χ0v) is 20.2. The summed E-state index contributed by atoms with van der Waals surface area (Å²) in [6.45, 7) is 7.31. The van der Waals surface area contributed by atoms with Gasteiger partial charge in [0.05, 0.1) is 24.5 Å². The van der Waals surface area contributed by atoms with Gasteiger partial charge in [0.2, 0.25) is 0 Å². The molecule has 2 aromatic rings. The van der Waals surface area contributed by atoms with Crippen molar-refractivity contribution >= 4 is 24.1 Å². The molecule has 4 rings (SSSR count). The number of nitrogens with one attached hydrogen (secondary N) is 1. The van der Waals surface area contributed by atoms with Crippen molar-refractivity contribution in [1.29, 1.82) is 5.41 Å². The Balaban J connectivity index is 1.68. The van der Waals surface area contributed by atoms with Crippen LogP contribution in [0.25, 0.3) is 11.4 Å². The summed E-state index contributed by atoms with van der Waals surface area (Å²) >= 11 is 0. The van der Waals surface area contributed by atoms with Gasteiger partial charge in [-0.15, -0.1) is 0 Å². The van der Waals surface area contributed by atoms with Crippen molar-refractivity contribution in [2.24, 2.45) is 20.7 Å². The average molecular weight is 463 g/mol. The molecule has 1 aromatic heterocycles. The molecule has 0 radical (unpaired) electrons. The van der Waals surface area contributed by atoms with E-state index in [-0.39, 0.29) is 6.04 Å². The zero-order chi connectivity index (χ0) is 24.1. The maximum absolute atomic E-state index is 7.69. The van der Waals surface area contributed by atoms with Crippen LogP contribution in [0.5, 0.6) is 5.75 Å². The minimum Gasteiger partial charge on any atom is -0.491 e. The van der Waals surface area contributed by atoms with Gasteiger partial charge in [-0.05, 0) is 64.5 Å². The Morgan fingerprint density at radius 1 is 1.29 bits per heavy atom. The molecule has 180 valence electrons. The Bertz CT molecular complexity index is 1110. The van der Waals surface area contributed by atoms with Crippen molar-refractivity contribution in [3.05, 3.63) is 35.7 Å². The molecule has 0 amide bonds. The van der Waals surface area contributed by atoms with Gasteiger partial charge in [-0.3, -0.25) is 9.98 Å². The second-order valence-corrected chi connectivity index (χ2v) is 9.05. The number of aromatic nitrogens is 2. The normalized spacial score (nSPS) is 18.0. The molecule has 0 unspecified atom stereocenters. The number of piperidine rings is 1. The van der Waals surface area contributed by atoms with E-state index >= 15 is 0 Å². The first kappa shape index (κ1) is 23.8. The van der Waals surface area contributed by atoms with E-state index in [1.54, 1.807) is 0 Å². The van der Waals surface area contributed by atoms with Gasteiger partial charge in [-0.2, -0.15) is 0 Å². The van der Waals surface area contributed by atoms with Crippen molar-refractivity contribution in [3.8, 4) is 17.1 Å². The van der Waals surface area contributed by atoms with Crippen molar-refractivity contribution in [3.63, 3.8) is 0 Å². The van der Waals surface area contributed by atoms with Crippen LogP contribution in [0.1, 0.15) is 44.4 Å². The Kier molecular flexibility index (Phi) is 7.52. The van der Waals surface area contributed by atoms with Gasteiger partial charge in [-0.25, -0.2) is 9.98 Å². The monoisotopic (exact) mass is 462 g/mol. The highest BCUT2D eigenvalue weighted by atomic mass is 16.5. The third kappa shape index (κ3) is 5.41. The Morgan fingerprint density at radius 2 is 2.09 bits per heavy atom. The molecule has 1 aromatic carbocycles. The highest BCUT2D eigenvalue weighted by molar-refractivity contribution is 6.07. The number of rotatable bonds is 6. The van der Waals surface area contributed by atoms with E-state index in [1.165, 1.54) is 12.6 Å². The van der Waals surface area contributed by atoms with E-state index in [4.69, 9.17) is 25.9 Å². The van der Waals surface area contributed by atoms with E-state index < -0.39 is 0 Å². The van der Waals surface area contributed by atoms with Gasteiger partial charge in [0.15, 0.2) is 5.84 Å². The molecule has 9 nitrogen and oxygen atoms in total. The fourth-order valence-corrected chi connectivity index (χ4v) is 4.34. The van der Waals surface area contributed by atoms with Crippen LogP contribution in [0.4, 0.5) is 0 Å². The summed E-state index contributed by atoms with van der Waals surface area (Å²) < 4.78 is 8.19. The second-order valence-electron chi connectivity index (χ2n) is 9.05. The Labute approximate surface area is 201 Å². The maximum atomic E-state index is 7.69. The first-order valence-corrected chi connectivity index (χ1v) is 11.9. The summed E-state index contributed by atoms with van der Waals surface area (Å²) in [4.78, 5) is 21.0. The summed E-state index contributed by atoms with van der Waals surface area (Å²) in [6, 6.07) is 6.52. The van der Waals surface area contributed by atoms with Crippen LogP contribution in [-0.4, -0.2) is 77.4 Å². The number of nitrogens with two attached hydrogens (primary N) is 1. The van der Waals surface area contributed by atoms with Gasteiger partial charge in [0, 0.05) is 30.6 Å². The summed E-state index contributed by atoms with van der Waals surface area (Å²) in [5, 5.41) is 7.69. The molecule has 1 saturated heterocycles. The smallest absolute Gasteiger partial charge is 0.176 e. The van der Waals surface area contributed by atoms with E-state index in [2.05, 4.69) is 32.6 Å². The standard InChI is InChI=1S/C25H34N8O/c1-17(2)29-24(28-16-27)22-15-33-12-13-34-23-14-18(4-5-20(23)25(33)31-22)21(6-9-26)30-19-7-10-32(3)11-8-19/h4-5,9,14-17,19,26H,6-8,10-13H2,1-3H3,(H2,27,28,29). The number of benzene rings is 1. The molecule has 1 fully saturated rings. The lowest BCUT2D eigenvalue weighted by Gasteiger charge is -2.27. The van der Waals surface area contributed by atoms with Crippen LogP contribution in [0.15, 0.2) is 39.4 Å². The number of likely N-dealkylation sites (tertiary alicyclic amines) is 1. The van der Waals surface area contributed by atoms with Crippen LogP contribution >= 0.6 is 0 Å². The van der Waals surface area contributed by atoms with Crippen molar-refractivity contribution in [1.82, 2.24) is 14.5 Å². The highest BCUT2D eigenvalue weighted by Crippen LogP contribution is 2.33. The predicted octanol–water partition coefficient (Wildman–Crippen LogP) is 3.01. The van der Waals surface area contributed by atoms with E-state index in [9.17, 15) is 0 Å². The van der Waals surface area contributed by atoms with Gasteiger partial charge < -0.3 is 25.3 Å². The molecule has 0 atom stereocenters. The molecule has 2 aliphatic rings. The molecule has 3 N–H and O–H groups in total. The lowest BCUT2D eigenvalue weighted by molar-refractivity contribution is 0.257. The van der Waals surface area contributed by atoms with Crippen LogP contribution in [-0.2, 0) is 6.54 Å². The number of amidine groups is 1. The molecule has 2 aliphatic heterocycles. The van der Waals surface area contributed by atoms with Crippen molar-refractivity contribution in [2.75, 3.05) is 26.7 Å². The molecule has 3 heterocycles. The van der Waals surface area contributed by atoms with E-state index in [0.717, 1.165) is 54.3 Å². The largest absolute Gasteiger partial charge is 0.491 e. The molecular weight excluding hydrogens is 428 g/mol. The summed E-state index contributed by atoms with van der Waals surface area (Å²) in [7, 11) is 2.15. The number of hydrogen-bond donors (Lipinski definition) is 2. The Morgan fingerprint density at radius 3 is 2.79 bits per heavy atom. The van der Waals surface area contributed by atoms with Gasteiger partial charge in [-0.1, -0.05) is 6.07 Å². The fourth-order valence-electron chi connectivity index (χ4n) is 4.34. The number of hydrogen-bond acceptors (Lipinski definition) is 6. The molecular formula is C25H34N8O. The van der Waals surface area contributed by atoms with Crippen LogP contribution < -0.4 is 10.5 Å². The van der Waals surface area contributed by atoms with Gasteiger partial charge in [0.1, 0.15) is 23.9 Å². The van der Waals surface area contributed by atoms with Crippen LogP contribution in [0.2, 0.25) is 0 Å². The lowest BCUT2D eigenvalue weighted by Crippen LogP contribution is -2.32. The average Bonchev–Trinajstić information content (AvgIpc) is 3.16. The molecule has 9 heteroatoms. The quantitative estimate of drug-likeness (QED) is 0.507. The predicted molar refractivity (Wildman–Crippen MR) is 138 cm³/mol. The number of ether oxygens (including phenoxy) is 1. The third-order valence-electron chi connectivity index (χ3n) is 6.05. The third-order valence-corrected chi connectivity index (χ3v) is 6.05. The SMILES string of the molecule is CC(C)N=C(N=CN)c1cn2c(n1)-c1ccc(C(CC=N)=NC3CCN(C)CC3)cc1OCC2. The molecule has 0 saturated carbocycles. The number of nitrogens with zero attached hydrogens (tertiary/aromatic N) is 6. The lowest BCUT2D eigenvalue weighted by atomic mass is 10.0. The summed E-state index contributed by atoms with van der Waals surface area (Å²) in [5.74, 6) is 2.12. The highest BCUT2D eigenvalue weighted by Gasteiger charge is 2.22.